The molecule has 3 heterocycles. The number of ether oxygens (including phenoxy) is 2. The maximum absolute atomic E-state index is 12.7. The van der Waals surface area contributed by atoms with Gasteiger partial charge in [-0.25, -0.2) is 9.78 Å². The minimum absolute atomic E-state index is 0.0601. The van der Waals surface area contributed by atoms with E-state index in [1.165, 1.54) is 11.3 Å². The molecule has 2 aromatic rings. The molecule has 1 aromatic heterocycles. The number of hydrogen-bond donors (Lipinski definition) is 1. The fraction of sp³-hybridized carbons (Fsp3) is 0.391. The van der Waals surface area contributed by atoms with E-state index >= 15 is 0 Å². The normalized spacial score (nSPS) is 18.5. The molecule has 1 aromatic carbocycles. The standard InChI is InChI=1S/C23H25N5O3S/c1-15-10-18(12-19(25-15)14-30-2)21-20(17-5-3-4-16(11-17)13-24)26-22(32-21)27-23(29)28-6-8-31-9-7-28/h3-5,10-11,18H,6-9,12,14H2,1-2H3,(H,26,27,29). The lowest BCUT2D eigenvalue weighted by atomic mass is 9.93. The second-order valence-corrected chi connectivity index (χ2v) is 8.71. The number of amides is 2. The van der Waals surface area contributed by atoms with Crippen molar-refractivity contribution in [3.8, 4) is 17.3 Å². The first kappa shape index (κ1) is 22.1. The first-order valence-electron chi connectivity index (χ1n) is 10.5. The molecule has 1 atom stereocenters. The van der Waals surface area contributed by atoms with Crippen LogP contribution in [-0.4, -0.2) is 61.6 Å². The first-order valence-corrected chi connectivity index (χ1v) is 11.3. The fourth-order valence-corrected chi connectivity index (χ4v) is 4.93. The zero-order chi connectivity index (χ0) is 22.5. The van der Waals surface area contributed by atoms with Gasteiger partial charge in [-0.15, -0.1) is 11.3 Å². The van der Waals surface area contributed by atoms with Crippen molar-refractivity contribution in [3.63, 3.8) is 0 Å². The topological polar surface area (TPSA) is 99.8 Å². The Balaban J connectivity index is 1.68. The summed E-state index contributed by atoms with van der Waals surface area (Å²) in [5, 5.41) is 12.8. The highest BCUT2D eigenvalue weighted by molar-refractivity contribution is 7.16. The molecule has 32 heavy (non-hydrogen) atoms. The lowest BCUT2D eigenvalue weighted by molar-refractivity contribution is 0.0564. The Labute approximate surface area is 191 Å². The zero-order valence-corrected chi connectivity index (χ0v) is 18.9. The second-order valence-electron chi connectivity index (χ2n) is 7.68. The number of allylic oxidation sites excluding steroid dienone is 2. The number of anilines is 1. The van der Waals surface area contributed by atoms with Gasteiger partial charge >= 0.3 is 6.03 Å². The molecule has 1 saturated heterocycles. The summed E-state index contributed by atoms with van der Waals surface area (Å²) >= 11 is 1.46. The van der Waals surface area contributed by atoms with E-state index in [1.54, 1.807) is 18.1 Å². The van der Waals surface area contributed by atoms with E-state index in [-0.39, 0.29) is 11.9 Å². The lowest BCUT2D eigenvalue weighted by Crippen LogP contribution is -2.43. The van der Waals surface area contributed by atoms with Gasteiger partial charge in [0, 0.05) is 48.0 Å². The molecule has 0 spiro atoms. The van der Waals surface area contributed by atoms with E-state index in [1.807, 2.05) is 25.1 Å². The smallest absolute Gasteiger partial charge is 0.323 e. The molecule has 2 aliphatic rings. The largest absolute Gasteiger partial charge is 0.379 e. The van der Waals surface area contributed by atoms with Crippen LogP contribution in [0.3, 0.4) is 0 Å². The highest BCUT2D eigenvalue weighted by Crippen LogP contribution is 2.40. The zero-order valence-electron chi connectivity index (χ0n) is 18.1. The van der Waals surface area contributed by atoms with Crippen LogP contribution in [0.25, 0.3) is 11.3 Å². The number of carbonyl (C=O) groups excluding carboxylic acids is 1. The maximum atomic E-state index is 12.7. The molecule has 166 valence electrons. The number of morpholine rings is 1. The molecular weight excluding hydrogens is 426 g/mol. The van der Waals surface area contributed by atoms with Crippen molar-refractivity contribution in [2.24, 2.45) is 4.99 Å². The van der Waals surface area contributed by atoms with Crippen LogP contribution in [0.5, 0.6) is 0 Å². The van der Waals surface area contributed by atoms with Crippen LogP contribution in [0.2, 0.25) is 0 Å². The summed E-state index contributed by atoms with van der Waals surface area (Å²) in [5.41, 5.74) is 4.09. The third-order valence-corrected chi connectivity index (χ3v) is 6.41. The van der Waals surface area contributed by atoms with Gasteiger partial charge in [-0.2, -0.15) is 5.26 Å². The fourth-order valence-electron chi connectivity index (χ4n) is 3.88. The number of aromatic nitrogens is 1. The third-order valence-electron chi connectivity index (χ3n) is 5.31. The molecule has 0 radical (unpaired) electrons. The molecule has 1 N–H and O–H groups in total. The van der Waals surface area contributed by atoms with Crippen molar-refractivity contribution in [3.05, 3.63) is 46.5 Å². The lowest BCUT2D eigenvalue weighted by Gasteiger charge is -2.26. The van der Waals surface area contributed by atoms with E-state index in [4.69, 9.17) is 14.5 Å². The molecule has 1 unspecified atom stereocenters. The summed E-state index contributed by atoms with van der Waals surface area (Å²) < 4.78 is 10.6. The summed E-state index contributed by atoms with van der Waals surface area (Å²) in [4.78, 5) is 24.9. The molecule has 2 amide bonds. The Morgan fingerprint density at radius 3 is 2.97 bits per heavy atom. The number of carbonyl (C=O) groups is 1. The number of nitrogens with zero attached hydrogens (tertiary/aromatic N) is 4. The van der Waals surface area contributed by atoms with Crippen molar-refractivity contribution < 1.29 is 14.3 Å². The van der Waals surface area contributed by atoms with Crippen molar-refractivity contribution in [1.29, 1.82) is 5.26 Å². The van der Waals surface area contributed by atoms with Gasteiger partial charge in [0.1, 0.15) is 0 Å². The van der Waals surface area contributed by atoms with Gasteiger partial charge in [-0.1, -0.05) is 18.2 Å². The Hall–Kier alpha value is -3.06. The highest BCUT2D eigenvalue weighted by atomic mass is 32.1. The molecular formula is C23H25N5O3S. The SMILES string of the molecule is COCC1=NC(C)=CC(c2sc(NC(=O)N3CCOCC3)nc2-c2cccc(C#N)c2)C1. The van der Waals surface area contributed by atoms with Gasteiger partial charge in [0.25, 0.3) is 0 Å². The average molecular weight is 452 g/mol. The quantitative estimate of drug-likeness (QED) is 0.740. The average Bonchev–Trinajstić information content (AvgIpc) is 3.23. The number of nitrogens with one attached hydrogen (secondary N) is 1. The van der Waals surface area contributed by atoms with Crippen molar-refractivity contribution in [1.82, 2.24) is 9.88 Å². The Morgan fingerprint density at radius 2 is 2.22 bits per heavy atom. The van der Waals surface area contributed by atoms with Gasteiger partial charge in [-0.05, 0) is 25.5 Å². The van der Waals surface area contributed by atoms with Crippen molar-refractivity contribution in [2.75, 3.05) is 45.3 Å². The highest BCUT2D eigenvalue weighted by Gasteiger charge is 2.26. The van der Waals surface area contributed by atoms with Gasteiger partial charge in [0.05, 0.1) is 37.1 Å². The molecule has 8 nitrogen and oxygen atoms in total. The van der Waals surface area contributed by atoms with Crippen LogP contribution >= 0.6 is 11.3 Å². The molecule has 0 aliphatic carbocycles. The van der Waals surface area contributed by atoms with Crippen LogP contribution in [0, 0.1) is 11.3 Å². The molecule has 0 bridgehead atoms. The van der Waals surface area contributed by atoms with Crippen LogP contribution in [0.15, 0.2) is 41.0 Å². The summed E-state index contributed by atoms with van der Waals surface area (Å²) in [6.07, 6.45) is 2.84. The third kappa shape index (κ3) is 5.05. The number of thiazole rings is 1. The number of benzene rings is 1. The van der Waals surface area contributed by atoms with Crippen molar-refractivity contribution in [2.45, 2.75) is 19.3 Å². The van der Waals surface area contributed by atoms with Crippen LogP contribution in [0.4, 0.5) is 9.93 Å². The first-order chi connectivity index (χ1) is 15.6. The molecule has 4 rings (SSSR count). The molecule has 1 fully saturated rings. The molecule has 9 heteroatoms. The van der Waals surface area contributed by atoms with Crippen LogP contribution in [-0.2, 0) is 9.47 Å². The summed E-state index contributed by atoms with van der Waals surface area (Å²) in [5.74, 6) is 0.0601. The summed E-state index contributed by atoms with van der Waals surface area (Å²) in [6.45, 7) is 4.64. The van der Waals surface area contributed by atoms with E-state index in [9.17, 15) is 10.1 Å². The van der Waals surface area contributed by atoms with E-state index in [0.717, 1.165) is 34.0 Å². The van der Waals surface area contributed by atoms with E-state index in [2.05, 4.69) is 22.5 Å². The Kier molecular flexibility index (Phi) is 6.95. The maximum Gasteiger partial charge on any atom is 0.323 e. The Morgan fingerprint density at radius 1 is 1.41 bits per heavy atom. The summed E-state index contributed by atoms with van der Waals surface area (Å²) in [7, 11) is 1.66. The number of rotatable bonds is 5. The van der Waals surface area contributed by atoms with Crippen LogP contribution < -0.4 is 5.32 Å². The van der Waals surface area contributed by atoms with Crippen molar-refractivity contribution >= 4 is 28.2 Å². The predicted octanol–water partition coefficient (Wildman–Crippen LogP) is 4.02. The molecule has 0 saturated carbocycles. The van der Waals surface area contributed by atoms with E-state index in [0.29, 0.717) is 43.6 Å². The van der Waals surface area contributed by atoms with Crippen LogP contribution in [0.1, 0.15) is 29.7 Å². The number of aliphatic imine (C=N–C) groups is 1. The minimum atomic E-state index is -0.178. The summed E-state index contributed by atoms with van der Waals surface area (Å²) in [6, 6.07) is 9.40. The number of nitriles is 1. The van der Waals surface area contributed by atoms with Gasteiger partial charge in [0.15, 0.2) is 5.13 Å². The minimum Gasteiger partial charge on any atom is -0.379 e. The number of methoxy groups -OCH3 is 1. The van der Waals surface area contributed by atoms with Gasteiger partial charge in [-0.3, -0.25) is 10.3 Å². The van der Waals surface area contributed by atoms with Gasteiger partial charge in [0.2, 0.25) is 0 Å². The monoisotopic (exact) mass is 451 g/mol. The predicted molar refractivity (Wildman–Crippen MR) is 124 cm³/mol. The second kappa shape index (κ2) is 10.0. The number of hydrogen-bond acceptors (Lipinski definition) is 7. The van der Waals surface area contributed by atoms with Gasteiger partial charge < -0.3 is 14.4 Å². The van der Waals surface area contributed by atoms with E-state index < -0.39 is 0 Å². The Bertz CT molecular complexity index is 1100. The number of urea groups is 1. The molecule has 2 aliphatic heterocycles.